The van der Waals surface area contributed by atoms with Crippen LogP contribution in [-0.4, -0.2) is 27.5 Å². The summed E-state index contributed by atoms with van der Waals surface area (Å²) in [5.74, 6) is 0.699. The van der Waals surface area contributed by atoms with E-state index in [0.717, 1.165) is 38.6 Å². The smallest absolute Gasteiger partial charge is 0.230 e. The Balaban J connectivity index is 1.64. The first-order valence-corrected chi connectivity index (χ1v) is 9.77. The van der Waals surface area contributed by atoms with Crippen LogP contribution in [0.15, 0.2) is 18.2 Å². The third kappa shape index (κ3) is 5.37. The maximum Gasteiger partial charge on any atom is 0.230 e. The summed E-state index contributed by atoms with van der Waals surface area (Å²) < 4.78 is 14.3. The molecule has 3 rings (SSSR count). The Bertz CT molecular complexity index is 775. The van der Waals surface area contributed by atoms with Crippen molar-refractivity contribution < 1.29 is 4.39 Å². The maximum atomic E-state index is 14.3. The highest BCUT2D eigenvalue weighted by molar-refractivity contribution is 5.38. The predicted octanol–water partition coefficient (Wildman–Crippen LogP) is 4.27. The number of alkyl halides is 1. The van der Waals surface area contributed by atoms with Crippen LogP contribution in [0.2, 0.25) is 0 Å². The number of hydrogen-bond donors (Lipinski definition) is 1. The average Bonchev–Trinajstić information content (AvgIpc) is 3.37. The molecule has 5 nitrogen and oxygen atoms in total. The Kier molecular flexibility index (Phi) is 5.63. The summed E-state index contributed by atoms with van der Waals surface area (Å²) in [4.78, 5) is 14.8. The van der Waals surface area contributed by atoms with Crippen LogP contribution in [-0.2, 0) is 12.1 Å². The van der Waals surface area contributed by atoms with Crippen LogP contribution < -0.4 is 10.6 Å². The lowest BCUT2D eigenvalue weighted by atomic mass is 10.0. The molecule has 0 aliphatic heterocycles. The van der Waals surface area contributed by atoms with Crippen molar-refractivity contribution in [3.63, 3.8) is 0 Å². The van der Waals surface area contributed by atoms with Crippen LogP contribution in [0, 0.1) is 13.8 Å². The summed E-state index contributed by atoms with van der Waals surface area (Å²) in [5, 5.41) is 0. The summed E-state index contributed by atoms with van der Waals surface area (Å²) in [6.07, 6.45) is 5.43. The molecule has 27 heavy (non-hydrogen) atoms. The van der Waals surface area contributed by atoms with Crippen LogP contribution >= 0.6 is 0 Å². The SMILES string of the molecule is Cc1cc(C)cc(CCCCN(c2nc(N)nc(C(C)(C)F)n2)C2CC2)c1. The van der Waals surface area contributed by atoms with Gasteiger partial charge in [0.15, 0.2) is 11.5 Å². The number of aryl methyl sites for hydroxylation is 3. The van der Waals surface area contributed by atoms with Crippen LogP contribution in [0.4, 0.5) is 16.3 Å². The number of aromatic nitrogens is 3. The second-order valence-corrected chi connectivity index (χ2v) is 8.17. The highest BCUT2D eigenvalue weighted by Gasteiger charge is 2.32. The number of benzene rings is 1. The molecule has 6 heteroatoms. The third-order valence-electron chi connectivity index (χ3n) is 4.81. The van der Waals surface area contributed by atoms with Gasteiger partial charge in [0.25, 0.3) is 0 Å². The predicted molar refractivity (Wildman–Crippen MR) is 108 cm³/mol. The van der Waals surface area contributed by atoms with E-state index >= 15 is 0 Å². The molecule has 0 bridgehead atoms. The van der Waals surface area contributed by atoms with E-state index in [9.17, 15) is 4.39 Å². The topological polar surface area (TPSA) is 67.9 Å². The number of rotatable bonds is 8. The summed E-state index contributed by atoms with van der Waals surface area (Å²) in [7, 11) is 0. The number of halogens is 1. The van der Waals surface area contributed by atoms with E-state index in [2.05, 4.69) is 51.9 Å². The van der Waals surface area contributed by atoms with E-state index in [1.165, 1.54) is 30.5 Å². The zero-order chi connectivity index (χ0) is 19.6. The minimum atomic E-state index is -1.63. The van der Waals surface area contributed by atoms with Crippen molar-refractivity contribution in [2.45, 2.75) is 71.5 Å². The van der Waals surface area contributed by atoms with Gasteiger partial charge in [0.2, 0.25) is 11.9 Å². The first kappa shape index (κ1) is 19.5. The minimum Gasteiger partial charge on any atom is -0.368 e. The molecule has 2 N–H and O–H groups in total. The number of nitrogens with zero attached hydrogens (tertiary/aromatic N) is 4. The van der Waals surface area contributed by atoms with Crippen molar-refractivity contribution in [3.05, 3.63) is 40.7 Å². The maximum absolute atomic E-state index is 14.3. The molecule has 1 fully saturated rings. The van der Waals surface area contributed by atoms with Crippen LogP contribution in [0.3, 0.4) is 0 Å². The standard InChI is InChI=1S/C21H30FN5/c1-14-11-15(2)13-16(12-14)7-5-6-10-27(17-8-9-17)20-25-18(21(3,4)22)24-19(23)26-20/h11-13,17H,5-10H2,1-4H3,(H2,23,24,25,26). The highest BCUT2D eigenvalue weighted by Crippen LogP contribution is 2.31. The van der Waals surface area contributed by atoms with E-state index < -0.39 is 5.67 Å². The van der Waals surface area contributed by atoms with E-state index in [-0.39, 0.29) is 11.8 Å². The second kappa shape index (κ2) is 7.79. The van der Waals surface area contributed by atoms with Gasteiger partial charge in [0.1, 0.15) is 0 Å². The molecule has 0 amide bonds. The van der Waals surface area contributed by atoms with Gasteiger partial charge in [0, 0.05) is 12.6 Å². The molecular weight excluding hydrogens is 341 g/mol. The van der Waals surface area contributed by atoms with Gasteiger partial charge in [-0.15, -0.1) is 0 Å². The molecule has 0 saturated heterocycles. The molecule has 1 saturated carbocycles. The average molecular weight is 372 g/mol. The molecule has 1 aromatic heterocycles. The second-order valence-electron chi connectivity index (χ2n) is 8.17. The number of nitrogen functional groups attached to an aromatic ring is 1. The van der Waals surface area contributed by atoms with E-state index in [4.69, 9.17) is 5.73 Å². The summed E-state index contributed by atoms with van der Waals surface area (Å²) in [6.45, 7) is 8.01. The lowest BCUT2D eigenvalue weighted by molar-refractivity contribution is 0.206. The normalized spacial score (nSPS) is 14.4. The quantitative estimate of drug-likeness (QED) is 0.702. The molecule has 146 valence electrons. The molecule has 1 heterocycles. The molecule has 2 aromatic rings. The fraction of sp³-hybridized carbons (Fsp3) is 0.571. The molecule has 0 radical (unpaired) electrons. The molecule has 0 atom stereocenters. The van der Waals surface area contributed by atoms with Crippen molar-refractivity contribution in [3.8, 4) is 0 Å². The van der Waals surface area contributed by atoms with Crippen molar-refractivity contribution >= 4 is 11.9 Å². The van der Waals surface area contributed by atoms with Gasteiger partial charge in [-0.1, -0.05) is 29.3 Å². The Labute approximate surface area is 161 Å². The van der Waals surface area contributed by atoms with Gasteiger partial charge in [-0.05, 0) is 65.4 Å². The van der Waals surface area contributed by atoms with E-state index in [1.807, 2.05) is 0 Å². The fourth-order valence-electron chi connectivity index (χ4n) is 3.43. The monoisotopic (exact) mass is 371 g/mol. The van der Waals surface area contributed by atoms with Gasteiger partial charge in [0.05, 0.1) is 0 Å². The first-order valence-electron chi connectivity index (χ1n) is 9.77. The highest BCUT2D eigenvalue weighted by atomic mass is 19.1. The van der Waals surface area contributed by atoms with Crippen LogP contribution in [0.25, 0.3) is 0 Å². The molecule has 1 aliphatic rings. The third-order valence-corrected chi connectivity index (χ3v) is 4.81. The number of unbranched alkanes of at least 4 members (excludes halogenated alkanes) is 1. The van der Waals surface area contributed by atoms with Gasteiger partial charge in [-0.25, -0.2) is 4.39 Å². The van der Waals surface area contributed by atoms with Crippen molar-refractivity contribution in [2.75, 3.05) is 17.2 Å². The van der Waals surface area contributed by atoms with E-state index in [0.29, 0.717) is 12.0 Å². The fourth-order valence-corrected chi connectivity index (χ4v) is 3.43. The Morgan fingerprint density at radius 1 is 1.07 bits per heavy atom. The lowest BCUT2D eigenvalue weighted by Crippen LogP contribution is -2.30. The Hall–Kier alpha value is -2.24. The zero-order valence-corrected chi connectivity index (χ0v) is 16.8. The molecule has 1 aliphatic carbocycles. The zero-order valence-electron chi connectivity index (χ0n) is 16.8. The van der Waals surface area contributed by atoms with Gasteiger partial charge in [-0.2, -0.15) is 15.0 Å². The first-order chi connectivity index (χ1) is 12.7. The van der Waals surface area contributed by atoms with Crippen molar-refractivity contribution in [2.24, 2.45) is 0 Å². The lowest BCUT2D eigenvalue weighted by Gasteiger charge is -2.24. The van der Waals surface area contributed by atoms with Crippen LogP contribution in [0.1, 0.15) is 62.0 Å². The molecular formula is C21H30FN5. The minimum absolute atomic E-state index is 0.0848. The van der Waals surface area contributed by atoms with Gasteiger partial charge >= 0.3 is 0 Å². The molecule has 1 aromatic carbocycles. The summed E-state index contributed by atoms with van der Waals surface area (Å²) in [6, 6.07) is 7.15. The number of hydrogen-bond acceptors (Lipinski definition) is 5. The largest absolute Gasteiger partial charge is 0.368 e. The molecule has 0 spiro atoms. The number of anilines is 2. The summed E-state index contributed by atoms with van der Waals surface area (Å²) in [5.41, 5.74) is 8.19. The van der Waals surface area contributed by atoms with Gasteiger partial charge < -0.3 is 10.6 Å². The van der Waals surface area contributed by atoms with Crippen LogP contribution in [0.5, 0.6) is 0 Å². The Morgan fingerprint density at radius 3 is 2.33 bits per heavy atom. The molecule has 0 unspecified atom stereocenters. The number of nitrogens with two attached hydrogens (primary N) is 1. The van der Waals surface area contributed by atoms with Gasteiger partial charge in [-0.3, -0.25) is 0 Å². The Morgan fingerprint density at radius 2 is 1.74 bits per heavy atom. The van der Waals surface area contributed by atoms with Crippen molar-refractivity contribution in [1.29, 1.82) is 0 Å². The summed E-state index contributed by atoms with van der Waals surface area (Å²) >= 11 is 0. The van der Waals surface area contributed by atoms with Crippen molar-refractivity contribution in [1.82, 2.24) is 15.0 Å². The van der Waals surface area contributed by atoms with E-state index in [1.54, 1.807) is 0 Å².